The Hall–Kier alpha value is -3.94. The number of nitrogens with zero attached hydrogens (tertiary/aromatic N) is 3. The largest absolute Gasteiger partial charge is 0.480 e. The van der Waals surface area contributed by atoms with Crippen LogP contribution < -0.4 is 5.32 Å². The average Bonchev–Trinajstić information content (AvgIpc) is 3.47. The van der Waals surface area contributed by atoms with Gasteiger partial charge in [-0.2, -0.15) is 15.0 Å². The first-order valence-corrected chi connectivity index (χ1v) is 11.7. The van der Waals surface area contributed by atoms with Crippen molar-refractivity contribution >= 4 is 28.5 Å². The Bertz CT molecular complexity index is 1440. The molecule has 2 aromatic heterocycles. The molecule has 0 amide bonds. The van der Waals surface area contributed by atoms with Crippen molar-refractivity contribution in [3.63, 3.8) is 0 Å². The number of hydrogen-bond donors (Lipinski definition) is 3. The summed E-state index contributed by atoms with van der Waals surface area (Å²) >= 11 is 6.01. The van der Waals surface area contributed by atoms with E-state index in [0.717, 1.165) is 33.3 Å². The second kappa shape index (κ2) is 10.1. The highest BCUT2D eigenvalue weighted by Gasteiger charge is 2.21. The van der Waals surface area contributed by atoms with E-state index in [1.54, 1.807) is 4.80 Å². The van der Waals surface area contributed by atoms with Gasteiger partial charge in [-0.1, -0.05) is 72.3 Å². The first-order chi connectivity index (χ1) is 17.1. The van der Waals surface area contributed by atoms with Crippen LogP contribution in [0.4, 0.5) is 0 Å². The van der Waals surface area contributed by atoms with Gasteiger partial charge in [0.05, 0.1) is 6.54 Å². The molecule has 5 aromatic rings. The molecule has 0 aliphatic heterocycles. The predicted molar refractivity (Wildman–Crippen MR) is 136 cm³/mol. The quantitative estimate of drug-likeness (QED) is 0.275. The zero-order valence-electron chi connectivity index (χ0n) is 18.9. The van der Waals surface area contributed by atoms with Gasteiger partial charge in [-0.05, 0) is 29.3 Å². The number of benzene rings is 3. The fraction of sp³-hybridized carbons (Fsp3) is 0.148. The Kier molecular flexibility index (Phi) is 6.61. The number of H-pyrrole nitrogens is 1. The van der Waals surface area contributed by atoms with Crippen LogP contribution in [0.5, 0.6) is 0 Å². The molecule has 7 nitrogen and oxygen atoms in total. The maximum atomic E-state index is 12.1. The zero-order chi connectivity index (χ0) is 24.2. The number of aromatic amines is 1. The molecule has 2 heterocycles. The lowest BCUT2D eigenvalue weighted by Crippen LogP contribution is -2.38. The minimum Gasteiger partial charge on any atom is -0.480 e. The summed E-state index contributed by atoms with van der Waals surface area (Å²) in [6.45, 7) is 0.749. The van der Waals surface area contributed by atoms with Crippen molar-refractivity contribution < 1.29 is 9.90 Å². The molecule has 5 rings (SSSR count). The highest BCUT2D eigenvalue weighted by atomic mass is 35.5. The minimum absolute atomic E-state index is 0.268. The summed E-state index contributed by atoms with van der Waals surface area (Å²) in [5.41, 5.74) is 5.30. The standard InChI is InChI=1S/C27H24ClN5O2/c28-21-12-10-18(11-13-21)17-33-31-25(26(32-33)19-6-2-1-3-7-19)16-30-24(27(34)35)14-20-15-29-23-9-5-4-8-22(20)23/h1-13,15,24,29-30H,14,16-17H2,(H,34,35)/t24-/m0/s1. The van der Waals surface area contributed by atoms with E-state index in [1.807, 2.05) is 85.1 Å². The highest BCUT2D eigenvalue weighted by Crippen LogP contribution is 2.22. The molecule has 1 atom stereocenters. The van der Waals surface area contributed by atoms with Crippen LogP contribution in [0.15, 0.2) is 85.1 Å². The number of aromatic nitrogens is 4. The average molecular weight is 486 g/mol. The van der Waals surface area contributed by atoms with Crippen LogP contribution in [0.2, 0.25) is 5.02 Å². The molecule has 8 heteroatoms. The van der Waals surface area contributed by atoms with Gasteiger partial charge in [0.1, 0.15) is 17.4 Å². The lowest BCUT2D eigenvalue weighted by molar-refractivity contribution is -0.139. The van der Waals surface area contributed by atoms with Crippen LogP contribution in [0.3, 0.4) is 0 Å². The molecule has 3 aromatic carbocycles. The van der Waals surface area contributed by atoms with Gasteiger partial charge >= 0.3 is 5.97 Å². The van der Waals surface area contributed by atoms with E-state index < -0.39 is 12.0 Å². The smallest absolute Gasteiger partial charge is 0.321 e. The maximum absolute atomic E-state index is 12.1. The molecule has 0 saturated carbocycles. The highest BCUT2D eigenvalue weighted by molar-refractivity contribution is 6.30. The topological polar surface area (TPSA) is 95.8 Å². The van der Waals surface area contributed by atoms with Crippen LogP contribution in [-0.2, 0) is 24.3 Å². The van der Waals surface area contributed by atoms with Crippen LogP contribution >= 0.6 is 11.6 Å². The van der Waals surface area contributed by atoms with E-state index in [2.05, 4.69) is 10.3 Å². The Morgan fingerprint density at radius 1 is 1.00 bits per heavy atom. The first kappa shape index (κ1) is 22.8. The molecule has 176 valence electrons. The van der Waals surface area contributed by atoms with Crippen molar-refractivity contribution in [3.8, 4) is 11.3 Å². The number of halogens is 1. The fourth-order valence-electron chi connectivity index (χ4n) is 4.13. The van der Waals surface area contributed by atoms with Crippen molar-refractivity contribution in [3.05, 3.63) is 107 Å². The van der Waals surface area contributed by atoms with Crippen molar-refractivity contribution in [2.45, 2.75) is 25.6 Å². The molecule has 3 N–H and O–H groups in total. The minimum atomic E-state index is -0.912. The Balaban J connectivity index is 1.38. The van der Waals surface area contributed by atoms with Crippen molar-refractivity contribution in [1.82, 2.24) is 25.3 Å². The Morgan fingerprint density at radius 3 is 2.51 bits per heavy atom. The lowest BCUT2D eigenvalue weighted by Gasteiger charge is -2.13. The summed E-state index contributed by atoms with van der Waals surface area (Å²) in [5.74, 6) is -0.912. The van der Waals surface area contributed by atoms with E-state index in [4.69, 9.17) is 21.8 Å². The summed E-state index contributed by atoms with van der Waals surface area (Å²) in [4.78, 5) is 16.9. The zero-order valence-corrected chi connectivity index (χ0v) is 19.6. The number of aliphatic carboxylic acids is 1. The molecule has 0 aliphatic rings. The van der Waals surface area contributed by atoms with Crippen LogP contribution in [-0.4, -0.2) is 37.1 Å². The van der Waals surface area contributed by atoms with Crippen molar-refractivity contribution in [2.24, 2.45) is 0 Å². The molecular weight excluding hydrogens is 462 g/mol. The number of para-hydroxylation sites is 1. The van der Waals surface area contributed by atoms with Gasteiger partial charge in [-0.25, -0.2) is 0 Å². The van der Waals surface area contributed by atoms with Gasteiger partial charge in [-0.15, -0.1) is 0 Å². The first-order valence-electron chi connectivity index (χ1n) is 11.3. The third kappa shape index (κ3) is 5.26. The maximum Gasteiger partial charge on any atom is 0.321 e. The number of nitrogens with one attached hydrogen (secondary N) is 2. The van der Waals surface area contributed by atoms with E-state index >= 15 is 0 Å². The SMILES string of the molecule is O=C(O)[C@H](Cc1c[nH]c2ccccc12)NCc1nn(Cc2ccc(Cl)cc2)nc1-c1ccccc1. The molecule has 35 heavy (non-hydrogen) atoms. The van der Waals surface area contributed by atoms with Gasteiger partial charge in [0.2, 0.25) is 0 Å². The number of carboxylic acid groups (broad SMARTS) is 1. The van der Waals surface area contributed by atoms with Gasteiger partial charge in [0.15, 0.2) is 0 Å². The number of fused-ring (bicyclic) bond motifs is 1. The molecule has 0 unspecified atom stereocenters. The van der Waals surface area contributed by atoms with Gasteiger partial charge < -0.3 is 10.1 Å². The van der Waals surface area contributed by atoms with E-state index in [1.165, 1.54) is 0 Å². The summed E-state index contributed by atoms with van der Waals surface area (Å²) < 4.78 is 0. The molecule has 0 spiro atoms. The van der Waals surface area contributed by atoms with Crippen LogP contribution in [0, 0.1) is 0 Å². The number of hydrogen-bond acceptors (Lipinski definition) is 4. The molecule has 0 saturated heterocycles. The Labute approximate surface area is 207 Å². The number of rotatable bonds is 9. The molecule has 0 fully saturated rings. The number of carbonyl (C=O) groups is 1. The van der Waals surface area contributed by atoms with Crippen LogP contribution in [0.1, 0.15) is 16.8 Å². The van der Waals surface area contributed by atoms with Crippen molar-refractivity contribution in [1.29, 1.82) is 0 Å². The monoisotopic (exact) mass is 485 g/mol. The van der Waals surface area contributed by atoms with E-state index in [0.29, 0.717) is 23.7 Å². The molecule has 0 radical (unpaired) electrons. The Morgan fingerprint density at radius 2 is 1.74 bits per heavy atom. The second-order valence-electron chi connectivity index (χ2n) is 8.35. The third-order valence-electron chi connectivity index (χ3n) is 5.92. The fourth-order valence-corrected chi connectivity index (χ4v) is 4.26. The second-order valence-corrected chi connectivity index (χ2v) is 8.79. The van der Waals surface area contributed by atoms with Crippen molar-refractivity contribution in [2.75, 3.05) is 0 Å². The third-order valence-corrected chi connectivity index (χ3v) is 6.17. The predicted octanol–water partition coefficient (Wildman–Crippen LogP) is 4.91. The van der Waals surface area contributed by atoms with Gasteiger partial charge in [0.25, 0.3) is 0 Å². The molecular formula is C27H24ClN5O2. The number of carboxylic acids is 1. The lowest BCUT2D eigenvalue weighted by atomic mass is 10.0. The molecule has 0 aliphatic carbocycles. The van der Waals surface area contributed by atoms with Gasteiger partial charge in [-0.3, -0.25) is 10.1 Å². The summed E-state index contributed by atoms with van der Waals surface area (Å²) in [7, 11) is 0. The summed E-state index contributed by atoms with van der Waals surface area (Å²) in [6, 6.07) is 24.4. The summed E-state index contributed by atoms with van der Waals surface area (Å²) in [6.07, 6.45) is 2.22. The normalized spacial score (nSPS) is 12.1. The molecule has 0 bridgehead atoms. The summed E-state index contributed by atoms with van der Waals surface area (Å²) in [5, 5.41) is 24.2. The van der Waals surface area contributed by atoms with E-state index in [-0.39, 0.29) is 6.54 Å². The van der Waals surface area contributed by atoms with E-state index in [9.17, 15) is 9.90 Å². The van der Waals surface area contributed by atoms with Gasteiger partial charge in [0, 0.05) is 40.7 Å². The van der Waals surface area contributed by atoms with Crippen LogP contribution in [0.25, 0.3) is 22.2 Å².